The van der Waals surface area contributed by atoms with Crippen LogP contribution >= 0.6 is 0 Å². The first-order chi connectivity index (χ1) is 17.7. The number of nitrogens with zero attached hydrogens (tertiary/aromatic N) is 3. The van der Waals surface area contributed by atoms with Crippen LogP contribution < -0.4 is 15.4 Å². The van der Waals surface area contributed by atoms with Crippen molar-refractivity contribution in [2.24, 2.45) is 0 Å². The van der Waals surface area contributed by atoms with Crippen molar-refractivity contribution in [2.45, 2.75) is 51.8 Å². The lowest BCUT2D eigenvalue weighted by Gasteiger charge is -2.29. The van der Waals surface area contributed by atoms with Crippen LogP contribution in [-0.2, 0) is 32.0 Å². The van der Waals surface area contributed by atoms with Crippen LogP contribution in [0.5, 0.6) is 5.75 Å². The Hall–Kier alpha value is -3.60. The first-order valence-electron chi connectivity index (χ1n) is 12.4. The van der Waals surface area contributed by atoms with Crippen LogP contribution in [0.25, 0.3) is 0 Å². The lowest BCUT2D eigenvalue weighted by molar-refractivity contribution is -0.141. The highest BCUT2D eigenvalue weighted by atomic mass is 16.6. The van der Waals surface area contributed by atoms with Crippen LogP contribution in [0.3, 0.4) is 0 Å². The number of carbonyl (C=O) groups excluding carboxylic acids is 3. The minimum Gasteiger partial charge on any atom is -0.483 e. The molecule has 1 aliphatic rings. The number of amides is 3. The lowest BCUT2D eigenvalue weighted by Crippen LogP contribution is -2.45. The molecule has 2 heterocycles. The molecule has 0 saturated carbocycles. The van der Waals surface area contributed by atoms with Gasteiger partial charge in [0.25, 0.3) is 5.91 Å². The van der Waals surface area contributed by atoms with Crippen molar-refractivity contribution in [3.63, 3.8) is 0 Å². The van der Waals surface area contributed by atoms with E-state index in [2.05, 4.69) is 15.6 Å². The van der Waals surface area contributed by atoms with Gasteiger partial charge in [0.1, 0.15) is 17.4 Å². The van der Waals surface area contributed by atoms with Crippen molar-refractivity contribution >= 4 is 17.9 Å². The molecular formula is C26H37N5O6. The molecule has 2 aromatic rings. The Bertz CT molecular complexity index is 1050. The van der Waals surface area contributed by atoms with Gasteiger partial charge in [0.05, 0.1) is 12.9 Å². The molecule has 11 nitrogen and oxygen atoms in total. The zero-order chi connectivity index (χ0) is 26.8. The second kappa shape index (κ2) is 13.1. The summed E-state index contributed by atoms with van der Waals surface area (Å²) in [7, 11) is 1.56. The van der Waals surface area contributed by atoms with Gasteiger partial charge in [-0.2, -0.15) is 0 Å². The van der Waals surface area contributed by atoms with E-state index in [4.69, 9.17) is 14.2 Å². The number of rotatable bonds is 11. The van der Waals surface area contributed by atoms with Gasteiger partial charge in [-0.25, -0.2) is 9.78 Å². The van der Waals surface area contributed by atoms with E-state index >= 15 is 0 Å². The molecule has 0 spiro atoms. The Kier molecular flexibility index (Phi) is 9.90. The number of hydrogen-bond donors (Lipinski definition) is 2. The smallest absolute Gasteiger partial charge is 0.407 e. The zero-order valence-corrected chi connectivity index (χ0v) is 22.0. The Morgan fingerprint density at radius 2 is 2.00 bits per heavy atom. The number of carbonyl (C=O) groups is 3. The molecule has 37 heavy (non-hydrogen) atoms. The maximum absolute atomic E-state index is 13.4. The second-order valence-electron chi connectivity index (χ2n) is 9.77. The molecule has 202 valence electrons. The number of alkyl carbamates (subject to hydrolysis) is 1. The van der Waals surface area contributed by atoms with Gasteiger partial charge in [-0.3, -0.25) is 9.59 Å². The SMILES string of the molecule is COCCNC(=O)C1c2cc(CCNC(=O)OC(C)(C)C)ccc2OCC(=O)N1CCCn1ccnc1. The predicted molar refractivity (Wildman–Crippen MR) is 136 cm³/mol. The molecule has 1 aromatic heterocycles. The molecular weight excluding hydrogens is 478 g/mol. The summed E-state index contributed by atoms with van der Waals surface area (Å²) in [4.78, 5) is 44.1. The van der Waals surface area contributed by atoms with Crippen LogP contribution in [0.2, 0.25) is 0 Å². The Labute approximate surface area is 217 Å². The van der Waals surface area contributed by atoms with E-state index < -0.39 is 17.7 Å². The van der Waals surface area contributed by atoms with Crippen LogP contribution in [0.1, 0.15) is 44.4 Å². The lowest BCUT2D eigenvalue weighted by atomic mass is 9.99. The quantitative estimate of drug-likeness (QED) is 0.439. The number of imidazole rings is 1. The van der Waals surface area contributed by atoms with Crippen molar-refractivity contribution < 1.29 is 28.6 Å². The average molecular weight is 516 g/mol. The third-order valence-electron chi connectivity index (χ3n) is 5.66. The molecule has 0 fully saturated rings. The number of hydrogen-bond acceptors (Lipinski definition) is 7. The number of methoxy groups -OCH3 is 1. The topological polar surface area (TPSA) is 124 Å². The van der Waals surface area contributed by atoms with Crippen LogP contribution in [0, 0.1) is 0 Å². The van der Waals surface area contributed by atoms with Crippen molar-refractivity contribution in [1.82, 2.24) is 25.1 Å². The summed E-state index contributed by atoms with van der Waals surface area (Å²) in [5, 5.41) is 5.62. The summed E-state index contributed by atoms with van der Waals surface area (Å²) >= 11 is 0. The minimum absolute atomic E-state index is 0.153. The average Bonchev–Trinajstić information content (AvgIpc) is 3.30. The molecule has 0 aliphatic carbocycles. The predicted octanol–water partition coefficient (Wildman–Crippen LogP) is 2.07. The van der Waals surface area contributed by atoms with Gasteiger partial charge in [-0.1, -0.05) is 6.07 Å². The van der Waals surface area contributed by atoms with Gasteiger partial charge < -0.3 is 34.3 Å². The number of aromatic nitrogens is 2. The molecule has 2 N–H and O–H groups in total. The molecule has 3 amide bonds. The van der Waals surface area contributed by atoms with E-state index in [0.29, 0.717) is 56.9 Å². The normalized spacial score (nSPS) is 15.4. The second-order valence-corrected chi connectivity index (χ2v) is 9.77. The van der Waals surface area contributed by atoms with E-state index in [1.807, 2.05) is 22.9 Å². The Balaban J connectivity index is 1.78. The molecule has 0 radical (unpaired) electrons. The Morgan fingerprint density at radius 3 is 2.70 bits per heavy atom. The maximum atomic E-state index is 13.4. The van der Waals surface area contributed by atoms with Gasteiger partial charge >= 0.3 is 6.09 Å². The van der Waals surface area contributed by atoms with E-state index in [1.54, 1.807) is 51.4 Å². The summed E-state index contributed by atoms with van der Waals surface area (Å²) in [6, 6.07) is 4.65. The van der Waals surface area contributed by atoms with E-state index in [-0.39, 0.29) is 18.4 Å². The summed E-state index contributed by atoms with van der Waals surface area (Å²) in [5.74, 6) is -0.0770. The Morgan fingerprint density at radius 1 is 1.19 bits per heavy atom. The van der Waals surface area contributed by atoms with Crippen molar-refractivity contribution in [3.8, 4) is 5.75 Å². The summed E-state index contributed by atoms with van der Waals surface area (Å²) in [6.45, 7) is 7.31. The number of ether oxygens (including phenoxy) is 3. The number of nitrogens with one attached hydrogen (secondary N) is 2. The minimum atomic E-state index is -0.858. The zero-order valence-electron chi connectivity index (χ0n) is 22.0. The van der Waals surface area contributed by atoms with Crippen LogP contribution in [0.15, 0.2) is 36.9 Å². The highest BCUT2D eigenvalue weighted by Gasteiger charge is 2.36. The van der Waals surface area contributed by atoms with Crippen LogP contribution in [0.4, 0.5) is 4.79 Å². The van der Waals surface area contributed by atoms with Crippen LogP contribution in [-0.4, -0.2) is 77.9 Å². The van der Waals surface area contributed by atoms with Gasteiger partial charge in [0.2, 0.25) is 5.91 Å². The largest absolute Gasteiger partial charge is 0.483 e. The fraction of sp³-hybridized carbons (Fsp3) is 0.538. The standard InChI is InChI=1S/C26H37N5O6/c1-26(2,3)37-25(34)29-9-8-19-6-7-21-20(16-19)23(24(33)28-11-15-35-4)31(22(32)17-36-21)13-5-12-30-14-10-27-18-30/h6-7,10,14,16,18,23H,5,8-9,11-13,15,17H2,1-4H3,(H,28,33)(H,29,34). The third kappa shape index (κ3) is 8.49. The van der Waals surface area contributed by atoms with E-state index in [9.17, 15) is 14.4 Å². The van der Waals surface area contributed by atoms with Gasteiger partial charge in [0, 0.05) is 51.2 Å². The molecule has 3 rings (SSSR count). The first-order valence-corrected chi connectivity index (χ1v) is 12.4. The number of fused-ring (bicyclic) bond motifs is 1. The maximum Gasteiger partial charge on any atom is 0.407 e. The highest BCUT2D eigenvalue weighted by molar-refractivity contribution is 5.90. The molecule has 1 aliphatic heterocycles. The summed E-state index contributed by atoms with van der Waals surface area (Å²) < 4.78 is 18.1. The summed E-state index contributed by atoms with van der Waals surface area (Å²) in [5.41, 5.74) is 0.918. The number of aryl methyl sites for hydroxylation is 1. The fourth-order valence-corrected chi connectivity index (χ4v) is 4.01. The molecule has 1 unspecified atom stereocenters. The van der Waals surface area contributed by atoms with Crippen molar-refractivity contribution in [1.29, 1.82) is 0 Å². The van der Waals surface area contributed by atoms with E-state index in [1.165, 1.54) is 0 Å². The van der Waals surface area contributed by atoms with E-state index in [0.717, 1.165) is 5.56 Å². The molecule has 11 heteroatoms. The molecule has 0 bridgehead atoms. The monoisotopic (exact) mass is 515 g/mol. The first kappa shape index (κ1) is 28.0. The fourth-order valence-electron chi connectivity index (χ4n) is 4.01. The number of benzene rings is 1. The third-order valence-corrected chi connectivity index (χ3v) is 5.66. The van der Waals surface area contributed by atoms with Crippen molar-refractivity contribution in [3.05, 3.63) is 48.0 Å². The molecule has 0 saturated heterocycles. The molecule has 1 atom stereocenters. The van der Waals surface area contributed by atoms with Gasteiger partial charge in [0.15, 0.2) is 6.61 Å². The van der Waals surface area contributed by atoms with Gasteiger partial charge in [-0.05, 0) is 51.3 Å². The van der Waals surface area contributed by atoms with Gasteiger partial charge in [-0.15, -0.1) is 0 Å². The highest BCUT2D eigenvalue weighted by Crippen LogP contribution is 2.34. The molecule has 1 aromatic carbocycles. The van der Waals surface area contributed by atoms with Crippen molar-refractivity contribution in [2.75, 3.05) is 40.0 Å². The summed E-state index contributed by atoms with van der Waals surface area (Å²) in [6.07, 6.45) is 5.94.